The smallest absolute Gasteiger partial charge is 0.00278 e. The van der Waals surface area contributed by atoms with Crippen LogP contribution in [-0.2, 0) is 0 Å². The van der Waals surface area contributed by atoms with Crippen molar-refractivity contribution in [1.82, 2.24) is 5.32 Å². The van der Waals surface area contributed by atoms with Gasteiger partial charge in [-0.2, -0.15) is 0 Å². The second-order valence-corrected chi connectivity index (χ2v) is 7.03. The van der Waals surface area contributed by atoms with Gasteiger partial charge in [0.25, 0.3) is 0 Å². The first-order valence-corrected chi connectivity index (χ1v) is 8.94. The second kappa shape index (κ2) is 8.76. The molecule has 1 saturated carbocycles. The lowest BCUT2D eigenvalue weighted by Gasteiger charge is -2.21. The van der Waals surface area contributed by atoms with E-state index < -0.39 is 0 Å². The van der Waals surface area contributed by atoms with Crippen molar-refractivity contribution in [3.63, 3.8) is 0 Å². The lowest BCUT2D eigenvalue weighted by molar-refractivity contribution is 0.598. The summed E-state index contributed by atoms with van der Waals surface area (Å²) in [5.41, 5.74) is 5.27. The molecule has 0 saturated heterocycles. The van der Waals surface area contributed by atoms with Gasteiger partial charge in [-0.1, -0.05) is 69.7 Å². The zero-order valence-corrected chi connectivity index (χ0v) is 14.9. The Kier molecular flexibility index (Phi) is 6.70. The SMILES string of the molecule is C=C(/C=C(CC(C)C)\C(=C/NC)C1CCCC1)c1ccccc1. The van der Waals surface area contributed by atoms with Crippen molar-refractivity contribution in [3.05, 3.63) is 65.9 Å². The van der Waals surface area contributed by atoms with Crippen LogP contribution in [0.2, 0.25) is 0 Å². The van der Waals surface area contributed by atoms with E-state index in [0.717, 1.165) is 12.0 Å². The quantitative estimate of drug-likeness (QED) is 0.612. The molecule has 0 amide bonds. The summed E-state index contributed by atoms with van der Waals surface area (Å²) in [6, 6.07) is 10.5. The number of hydrogen-bond donors (Lipinski definition) is 1. The van der Waals surface area contributed by atoms with E-state index in [1.54, 1.807) is 0 Å². The van der Waals surface area contributed by atoms with E-state index in [1.807, 2.05) is 7.05 Å². The number of allylic oxidation sites excluding steroid dienone is 4. The van der Waals surface area contributed by atoms with Gasteiger partial charge in [0, 0.05) is 7.05 Å². The van der Waals surface area contributed by atoms with E-state index in [4.69, 9.17) is 0 Å². The Morgan fingerprint density at radius 1 is 1.22 bits per heavy atom. The number of benzene rings is 1. The molecule has 1 aliphatic rings. The molecule has 1 heteroatoms. The van der Waals surface area contributed by atoms with Crippen LogP contribution < -0.4 is 5.32 Å². The maximum absolute atomic E-state index is 4.32. The monoisotopic (exact) mass is 309 g/mol. The summed E-state index contributed by atoms with van der Waals surface area (Å²) in [6.45, 7) is 8.91. The van der Waals surface area contributed by atoms with Crippen LogP contribution in [0, 0.1) is 11.8 Å². The lowest BCUT2D eigenvalue weighted by atomic mass is 9.85. The second-order valence-electron chi connectivity index (χ2n) is 7.03. The minimum Gasteiger partial charge on any atom is -0.394 e. The van der Waals surface area contributed by atoms with Crippen molar-refractivity contribution >= 4 is 5.57 Å². The molecule has 124 valence electrons. The van der Waals surface area contributed by atoms with Crippen molar-refractivity contribution in [2.24, 2.45) is 11.8 Å². The topological polar surface area (TPSA) is 12.0 Å². The van der Waals surface area contributed by atoms with Crippen molar-refractivity contribution in [3.8, 4) is 0 Å². The lowest BCUT2D eigenvalue weighted by Crippen LogP contribution is -2.09. The van der Waals surface area contributed by atoms with Gasteiger partial charge < -0.3 is 5.32 Å². The number of hydrogen-bond acceptors (Lipinski definition) is 1. The summed E-state index contributed by atoms with van der Waals surface area (Å²) >= 11 is 0. The van der Waals surface area contributed by atoms with Crippen molar-refractivity contribution in [2.45, 2.75) is 46.0 Å². The van der Waals surface area contributed by atoms with Crippen molar-refractivity contribution in [1.29, 1.82) is 0 Å². The van der Waals surface area contributed by atoms with Gasteiger partial charge in [-0.3, -0.25) is 0 Å². The summed E-state index contributed by atoms with van der Waals surface area (Å²) < 4.78 is 0. The van der Waals surface area contributed by atoms with Crippen LogP contribution in [0.25, 0.3) is 5.57 Å². The Balaban J connectivity index is 2.32. The minimum atomic E-state index is 0.645. The minimum absolute atomic E-state index is 0.645. The predicted molar refractivity (Wildman–Crippen MR) is 102 cm³/mol. The van der Waals surface area contributed by atoms with Crippen LogP contribution in [0.5, 0.6) is 0 Å². The average Bonchev–Trinajstić information content (AvgIpc) is 3.06. The maximum atomic E-state index is 4.32. The Bertz CT molecular complexity index is 557. The summed E-state index contributed by atoms with van der Waals surface area (Å²) in [7, 11) is 2.01. The third-order valence-electron chi connectivity index (χ3n) is 4.59. The van der Waals surface area contributed by atoms with Crippen LogP contribution >= 0.6 is 0 Å². The fraction of sp³-hybridized carbons (Fsp3) is 0.455. The van der Waals surface area contributed by atoms with Gasteiger partial charge >= 0.3 is 0 Å². The van der Waals surface area contributed by atoms with Gasteiger partial charge in [-0.15, -0.1) is 0 Å². The molecular formula is C22H31N. The highest BCUT2D eigenvalue weighted by atomic mass is 14.8. The molecular weight excluding hydrogens is 278 g/mol. The molecule has 0 heterocycles. The molecule has 1 aliphatic carbocycles. The highest BCUT2D eigenvalue weighted by molar-refractivity contribution is 5.73. The zero-order valence-electron chi connectivity index (χ0n) is 14.9. The molecule has 1 nitrogen and oxygen atoms in total. The molecule has 0 aromatic heterocycles. The van der Waals surface area contributed by atoms with Crippen LogP contribution in [0.15, 0.2) is 60.3 Å². The van der Waals surface area contributed by atoms with Gasteiger partial charge in [0.15, 0.2) is 0 Å². The maximum Gasteiger partial charge on any atom is 0.00278 e. The van der Waals surface area contributed by atoms with Gasteiger partial charge in [0.05, 0.1) is 0 Å². The third kappa shape index (κ3) is 5.13. The first-order valence-electron chi connectivity index (χ1n) is 8.94. The molecule has 2 rings (SSSR count). The highest BCUT2D eigenvalue weighted by Gasteiger charge is 2.22. The molecule has 1 N–H and O–H groups in total. The van der Waals surface area contributed by atoms with Gasteiger partial charge in [-0.25, -0.2) is 0 Å². The Morgan fingerprint density at radius 2 is 1.87 bits per heavy atom. The fourth-order valence-corrected chi connectivity index (χ4v) is 3.51. The Hall–Kier alpha value is -1.76. The highest BCUT2D eigenvalue weighted by Crippen LogP contribution is 2.37. The predicted octanol–water partition coefficient (Wildman–Crippen LogP) is 5.97. The Labute approximate surface area is 142 Å². The molecule has 0 spiro atoms. The zero-order chi connectivity index (χ0) is 16.7. The van der Waals surface area contributed by atoms with Crippen LogP contribution in [-0.4, -0.2) is 7.05 Å². The fourth-order valence-electron chi connectivity index (χ4n) is 3.51. The van der Waals surface area contributed by atoms with E-state index in [9.17, 15) is 0 Å². The Morgan fingerprint density at radius 3 is 2.43 bits per heavy atom. The van der Waals surface area contributed by atoms with Crippen LogP contribution in [0.4, 0.5) is 0 Å². The van der Waals surface area contributed by atoms with Crippen LogP contribution in [0.3, 0.4) is 0 Å². The van der Waals surface area contributed by atoms with E-state index in [0.29, 0.717) is 11.8 Å². The van der Waals surface area contributed by atoms with Gasteiger partial charge in [0.1, 0.15) is 0 Å². The van der Waals surface area contributed by atoms with Crippen molar-refractivity contribution < 1.29 is 0 Å². The van der Waals surface area contributed by atoms with Crippen molar-refractivity contribution in [2.75, 3.05) is 7.05 Å². The van der Waals surface area contributed by atoms with E-state index in [-0.39, 0.29) is 0 Å². The number of rotatable bonds is 7. The molecule has 0 aliphatic heterocycles. The first kappa shape index (κ1) is 17.6. The van der Waals surface area contributed by atoms with E-state index in [2.05, 4.69) is 68.4 Å². The molecule has 0 radical (unpaired) electrons. The standard InChI is InChI=1S/C22H31N/c1-17(2)14-21(15-18(3)19-10-6-5-7-11-19)22(16-23-4)20-12-8-9-13-20/h5-7,10-11,15-17,20,23H,3,8-9,12-14H2,1-2,4H3/b21-15-,22-16-. The number of nitrogens with one attached hydrogen (secondary N) is 1. The third-order valence-corrected chi connectivity index (χ3v) is 4.59. The average molecular weight is 309 g/mol. The normalized spacial score (nSPS) is 16.9. The molecule has 1 aromatic carbocycles. The molecule has 0 unspecified atom stereocenters. The molecule has 1 aromatic rings. The van der Waals surface area contributed by atoms with Gasteiger partial charge in [0.2, 0.25) is 0 Å². The first-order chi connectivity index (χ1) is 11.1. The summed E-state index contributed by atoms with van der Waals surface area (Å²) in [4.78, 5) is 0. The van der Waals surface area contributed by atoms with Gasteiger partial charge in [-0.05, 0) is 59.6 Å². The molecule has 0 atom stereocenters. The van der Waals surface area contributed by atoms with Crippen LogP contribution in [0.1, 0.15) is 51.5 Å². The molecule has 1 fully saturated rings. The van der Waals surface area contributed by atoms with E-state index in [1.165, 1.54) is 42.4 Å². The molecule has 23 heavy (non-hydrogen) atoms. The van der Waals surface area contributed by atoms with E-state index >= 15 is 0 Å². The summed E-state index contributed by atoms with van der Waals surface area (Å²) in [6.07, 6.45) is 11.0. The summed E-state index contributed by atoms with van der Waals surface area (Å²) in [5.74, 6) is 1.35. The molecule has 0 bridgehead atoms. The largest absolute Gasteiger partial charge is 0.394 e. The summed E-state index contributed by atoms with van der Waals surface area (Å²) in [5, 5.41) is 3.28.